The first-order valence-corrected chi connectivity index (χ1v) is 10.5. The number of halogens is 3. The van der Waals surface area contributed by atoms with Crippen molar-refractivity contribution >= 4 is 21.7 Å². The van der Waals surface area contributed by atoms with E-state index >= 15 is 0 Å². The molecule has 1 fully saturated rings. The minimum atomic E-state index is -4.63. The van der Waals surface area contributed by atoms with Crippen molar-refractivity contribution in [2.45, 2.75) is 11.1 Å². The minimum Gasteiger partial charge on any atom is -0.362 e. The molecule has 1 aliphatic heterocycles. The van der Waals surface area contributed by atoms with Gasteiger partial charge in [-0.2, -0.15) is 17.5 Å². The molecule has 30 heavy (non-hydrogen) atoms. The summed E-state index contributed by atoms with van der Waals surface area (Å²) in [5.74, 6) is 0.226. The second kappa shape index (κ2) is 8.23. The Kier molecular flexibility index (Phi) is 6.04. The highest BCUT2D eigenvalue weighted by molar-refractivity contribution is 7.89. The van der Waals surface area contributed by atoms with Gasteiger partial charge in [-0.1, -0.05) is 6.07 Å². The van der Waals surface area contributed by atoms with Crippen molar-refractivity contribution in [1.82, 2.24) is 14.2 Å². The number of nitrogens with zero attached hydrogens (tertiary/aromatic N) is 4. The standard InChI is InChI=1S/C19H21F3N4O3S/c1-24(2)17-16(7-4-8-23-17)18(27)25-9-11-26(12-10-25)30(28,29)15-6-3-5-14(13-15)19(20,21)22/h3-8,13H,9-12H2,1-2H3. The summed E-state index contributed by atoms with van der Waals surface area (Å²) in [5.41, 5.74) is -0.623. The number of piperazine rings is 1. The zero-order valence-electron chi connectivity index (χ0n) is 16.4. The summed E-state index contributed by atoms with van der Waals surface area (Å²) >= 11 is 0. The number of carbonyl (C=O) groups is 1. The molecule has 3 rings (SSSR count). The van der Waals surface area contributed by atoms with Crippen LogP contribution < -0.4 is 4.90 Å². The number of hydrogen-bond donors (Lipinski definition) is 0. The molecule has 0 saturated carbocycles. The van der Waals surface area contributed by atoms with E-state index in [4.69, 9.17) is 0 Å². The summed E-state index contributed by atoms with van der Waals surface area (Å²) in [7, 11) is -0.580. The third kappa shape index (κ3) is 4.41. The fourth-order valence-corrected chi connectivity index (χ4v) is 4.67. The average molecular weight is 442 g/mol. The largest absolute Gasteiger partial charge is 0.416 e. The fraction of sp³-hybridized carbons (Fsp3) is 0.368. The van der Waals surface area contributed by atoms with E-state index in [1.54, 1.807) is 37.3 Å². The second-order valence-corrected chi connectivity index (χ2v) is 8.93. The van der Waals surface area contributed by atoms with Gasteiger partial charge in [-0.3, -0.25) is 4.79 Å². The number of pyridine rings is 1. The number of amides is 1. The van der Waals surface area contributed by atoms with Crippen LogP contribution in [0.3, 0.4) is 0 Å². The summed E-state index contributed by atoms with van der Waals surface area (Å²) < 4.78 is 65.5. The van der Waals surface area contributed by atoms with Gasteiger partial charge < -0.3 is 9.80 Å². The molecule has 0 unspecified atom stereocenters. The maximum atomic E-state index is 12.9. The molecule has 0 bridgehead atoms. The van der Waals surface area contributed by atoms with E-state index in [0.29, 0.717) is 17.4 Å². The quantitative estimate of drug-likeness (QED) is 0.727. The molecule has 2 heterocycles. The van der Waals surface area contributed by atoms with Gasteiger partial charge in [0.15, 0.2) is 0 Å². The molecule has 2 aromatic rings. The van der Waals surface area contributed by atoms with Gasteiger partial charge in [0.25, 0.3) is 5.91 Å². The van der Waals surface area contributed by atoms with E-state index in [9.17, 15) is 26.4 Å². The van der Waals surface area contributed by atoms with E-state index in [2.05, 4.69) is 4.98 Å². The molecule has 1 amide bonds. The van der Waals surface area contributed by atoms with E-state index < -0.39 is 26.7 Å². The molecule has 1 aromatic heterocycles. The Morgan fingerprint density at radius 3 is 2.33 bits per heavy atom. The highest BCUT2D eigenvalue weighted by atomic mass is 32.2. The summed E-state index contributed by atoms with van der Waals surface area (Å²) in [4.78, 5) is 19.9. The smallest absolute Gasteiger partial charge is 0.362 e. The Bertz CT molecular complexity index is 1030. The van der Waals surface area contributed by atoms with Gasteiger partial charge in [-0.15, -0.1) is 0 Å². The van der Waals surface area contributed by atoms with Gasteiger partial charge in [0.1, 0.15) is 5.82 Å². The van der Waals surface area contributed by atoms with Crippen LogP contribution >= 0.6 is 0 Å². The van der Waals surface area contributed by atoms with Crippen LogP contribution in [0.2, 0.25) is 0 Å². The molecule has 7 nitrogen and oxygen atoms in total. The summed E-state index contributed by atoms with van der Waals surface area (Å²) in [6.07, 6.45) is -3.06. The number of hydrogen-bond acceptors (Lipinski definition) is 5. The number of rotatable bonds is 4. The van der Waals surface area contributed by atoms with Gasteiger partial charge in [-0.05, 0) is 30.3 Å². The lowest BCUT2D eigenvalue weighted by Gasteiger charge is -2.34. The summed E-state index contributed by atoms with van der Waals surface area (Å²) in [6.45, 7) is 0.224. The van der Waals surface area contributed by atoms with Crippen LogP contribution in [0.5, 0.6) is 0 Å². The SMILES string of the molecule is CN(C)c1ncccc1C(=O)N1CCN(S(=O)(=O)c2cccc(C(F)(F)F)c2)CC1. The van der Waals surface area contributed by atoms with Crippen LogP contribution in [-0.4, -0.2) is 68.8 Å². The van der Waals surface area contributed by atoms with Gasteiger partial charge in [-0.25, -0.2) is 13.4 Å². The third-order valence-corrected chi connectivity index (χ3v) is 6.66. The van der Waals surface area contributed by atoms with Gasteiger partial charge in [0, 0.05) is 46.5 Å². The predicted molar refractivity (Wildman–Crippen MR) is 105 cm³/mol. The maximum Gasteiger partial charge on any atom is 0.416 e. The zero-order chi connectivity index (χ0) is 22.1. The molecule has 162 valence electrons. The van der Waals surface area contributed by atoms with Crippen molar-refractivity contribution in [3.05, 3.63) is 53.7 Å². The Morgan fingerprint density at radius 2 is 1.73 bits per heavy atom. The number of sulfonamides is 1. The Morgan fingerprint density at radius 1 is 1.07 bits per heavy atom. The highest BCUT2D eigenvalue weighted by Crippen LogP contribution is 2.31. The first-order chi connectivity index (χ1) is 14.0. The molecule has 1 saturated heterocycles. The molecule has 0 spiro atoms. The molecule has 0 aliphatic carbocycles. The normalized spacial score (nSPS) is 15.8. The Hall–Kier alpha value is -2.66. The lowest BCUT2D eigenvalue weighted by atomic mass is 10.2. The minimum absolute atomic E-state index is 0.0120. The fourth-order valence-electron chi connectivity index (χ4n) is 3.20. The number of anilines is 1. The third-order valence-electron chi connectivity index (χ3n) is 4.77. The highest BCUT2D eigenvalue weighted by Gasteiger charge is 2.34. The van der Waals surface area contributed by atoms with Crippen molar-refractivity contribution < 1.29 is 26.4 Å². The van der Waals surface area contributed by atoms with Crippen molar-refractivity contribution in [3.63, 3.8) is 0 Å². The monoisotopic (exact) mass is 442 g/mol. The van der Waals surface area contributed by atoms with E-state index in [1.165, 1.54) is 4.90 Å². The lowest BCUT2D eigenvalue weighted by molar-refractivity contribution is -0.137. The first-order valence-electron chi connectivity index (χ1n) is 9.11. The number of benzene rings is 1. The van der Waals surface area contributed by atoms with Crippen LogP contribution in [0, 0.1) is 0 Å². The lowest BCUT2D eigenvalue weighted by Crippen LogP contribution is -2.50. The van der Waals surface area contributed by atoms with Crippen LogP contribution in [0.25, 0.3) is 0 Å². The number of alkyl halides is 3. The van der Waals surface area contributed by atoms with Crippen molar-refractivity contribution in [2.75, 3.05) is 45.2 Å². The molecule has 0 radical (unpaired) electrons. The maximum absolute atomic E-state index is 12.9. The summed E-state index contributed by atoms with van der Waals surface area (Å²) in [5, 5.41) is 0. The van der Waals surface area contributed by atoms with Crippen LogP contribution in [0.1, 0.15) is 15.9 Å². The topological polar surface area (TPSA) is 73.8 Å². The molecule has 0 N–H and O–H groups in total. The predicted octanol–water partition coefficient (Wildman–Crippen LogP) is 2.31. The Balaban J connectivity index is 1.75. The van der Waals surface area contributed by atoms with Gasteiger partial charge >= 0.3 is 6.18 Å². The summed E-state index contributed by atoms with van der Waals surface area (Å²) in [6, 6.07) is 6.96. The van der Waals surface area contributed by atoms with Crippen LogP contribution in [0.15, 0.2) is 47.5 Å². The van der Waals surface area contributed by atoms with Crippen molar-refractivity contribution in [2.24, 2.45) is 0 Å². The van der Waals surface area contributed by atoms with E-state index in [1.807, 2.05) is 0 Å². The van der Waals surface area contributed by atoms with Crippen LogP contribution in [-0.2, 0) is 16.2 Å². The number of carbonyl (C=O) groups excluding carboxylic acids is 1. The first kappa shape index (κ1) is 22.0. The molecular weight excluding hydrogens is 421 g/mol. The van der Waals surface area contributed by atoms with Crippen molar-refractivity contribution in [3.8, 4) is 0 Å². The molecule has 11 heteroatoms. The average Bonchev–Trinajstić information content (AvgIpc) is 2.72. The molecular formula is C19H21F3N4O3S. The molecule has 1 aliphatic rings. The number of aromatic nitrogens is 1. The molecule has 0 atom stereocenters. The molecule has 1 aromatic carbocycles. The Labute approximate surface area is 172 Å². The zero-order valence-corrected chi connectivity index (χ0v) is 17.2. The van der Waals surface area contributed by atoms with E-state index in [-0.39, 0.29) is 32.1 Å². The van der Waals surface area contributed by atoms with Gasteiger partial charge in [0.2, 0.25) is 10.0 Å². The van der Waals surface area contributed by atoms with E-state index in [0.717, 1.165) is 22.5 Å². The van der Waals surface area contributed by atoms with Crippen molar-refractivity contribution in [1.29, 1.82) is 0 Å². The second-order valence-electron chi connectivity index (χ2n) is 6.99. The van der Waals surface area contributed by atoms with Gasteiger partial charge in [0.05, 0.1) is 16.0 Å². The van der Waals surface area contributed by atoms with Crippen LogP contribution in [0.4, 0.5) is 19.0 Å².